The number of ether oxygens (including phenoxy) is 1. The molecule has 0 aromatic heterocycles. The van der Waals surface area contributed by atoms with Gasteiger partial charge in [0.05, 0.1) is 7.11 Å². The number of hydrogen-bond donors (Lipinski definition) is 0. The third kappa shape index (κ3) is 2.09. The maximum atomic E-state index is 11.6. The van der Waals surface area contributed by atoms with Crippen LogP contribution in [0.1, 0.15) is 24.8 Å². The van der Waals surface area contributed by atoms with Crippen molar-refractivity contribution in [2.24, 2.45) is 0 Å². The molecule has 2 rings (SSSR count). The Hall–Kier alpha value is -1.57. The van der Waals surface area contributed by atoms with Gasteiger partial charge in [0.15, 0.2) is 5.78 Å². The van der Waals surface area contributed by atoms with Gasteiger partial charge in [0, 0.05) is 12.0 Å². The number of carbonyl (C=O) groups excluding carboxylic acids is 1. The number of hydrogen-bond acceptors (Lipinski definition) is 2. The second-order valence-corrected chi connectivity index (χ2v) is 3.66. The summed E-state index contributed by atoms with van der Waals surface area (Å²) in [6.45, 7) is 0. The molecular weight excluding hydrogens is 188 g/mol. The van der Waals surface area contributed by atoms with Crippen LogP contribution in [0, 0.1) is 0 Å². The van der Waals surface area contributed by atoms with Gasteiger partial charge in [-0.3, -0.25) is 4.79 Å². The van der Waals surface area contributed by atoms with Crippen LogP contribution in [-0.2, 0) is 4.79 Å². The van der Waals surface area contributed by atoms with E-state index in [1.165, 1.54) is 0 Å². The smallest absolute Gasteiger partial charge is 0.163 e. The van der Waals surface area contributed by atoms with Crippen molar-refractivity contribution >= 4 is 11.4 Å². The first kappa shape index (κ1) is 9.97. The number of carbonyl (C=O) groups is 1. The molecule has 15 heavy (non-hydrogen) atoms. The highest BCUT2D eigenvalue weighted by atomic mass is 16.5. The second kappa shape index (κ2) is 4.30. The van der Waals surface area contributed by atoms with Gasteiger partial charge in [0.2, 0.25) is 0 Å². The normalized spacial score (nSPS) is 16.1. The van der Waals surface area contributed by atoms with E-state index >= 15 is 0 Å². The molecule has 0 saturated carbocycles. The van der Waals surface area contributed by atoms with E-state index in [0.717, 1.165) is 29.7 Å². The third-order valence-electron chi connectivity index (χ3n) is 2.66. The summed E-state index contributed by atoms with van der Waals surface area (Å²) in [4.78, 5) is 11.6. The highest BCUT2D eigenvalue weighted by Crippen LogP contribution is 2.25. The van der Waals surface area contributed by atoms with E-state index in [4.69, 9.17) is 4.74 Å². The molecule has 0 fully saturated rings. The Balaban J connectivity index is 2.28. The predicted molar refractivity (Wildman–Crippen MR) is 59.8 cm³/mol. The lowest BCUT2D eigenvalue weighted by molar-refractivity contribution is -0.114. The van der Waals surface area contributed by atoms with E-state index in [-0.39, 0.29) is 5.78 Å². The predicted octanol–water partition coefficient (Wildman–Crippen LogP) is 2.83. The van der Waals surface area contributed by atoms with Crippen LogP contribution in [0.3, 0.4) is 0 Å². The Morgan fingerprint density at radius 3 is 2.53 bits per heavy atom. The molecule has 0 unspecified atom stereocenters. The number of rotatable bonds is 2. The van der Waals surface area contributed by atoms with Crippen LogP contribution >= 0.6 is 0 Å². The molecule has 1 aliphatic rings. The fraction of sp³-hybridized carbons (Fsp3) is 0.308. The zero-order chi connectivity index (χ0) is 10.7. The number of allylic oxidation sites excluding steroid dienone is 2. The van der Waals surface area contributed by atoms with Crippen molar-refractivity contribution in [1.29, 1.82) is 0 Å². The van der Waals surface area contributed by atoms with Crippen molar-refractivity contribution in [3.8, 4) is 5.75 Å². The van der Waals surface area contributed by atoms with Crippen LogP contribution in [0.15, 0.2) is 30.3 Å². The zero-order valence-electron chi connectivity index (χ0n) is 8.82. The molecule has 0 atom stereocenters. The summed E-state index contributed by atoms with van der Waals surface area (Å²) in [7, 11) is 1.64. The van der Waals surface area contributed by atoms with Gasteiger partial charge in [-0.05, 0) is 30.5 Å². The average molecular weight is 202 g/mol. The van der Waals surface area contributed by atoms with E-state index in [1.54, 1.807) is 7.11 Å². The summed E-state index contributed by atoms with van der Waals surface area (Å²) >= 11 is 0. The largest absolute Gasteiger partial charge is 0.497 e. The van der Waals surface area contributed by atoms with Gasteiger partial charge in [-0.2, -0.15) is 0 Å². The molecule has 0 N–H and O–H groups in total. The third-order valence-corrected chi connectivity index (χ3v) is 2.66. The van der Waals surface area contributed by atoms with Gasteiger partial charge < -0.3 is 4.74 Å². The van der Waals surface area contributed by atoms with Crippen molar-refractivity contribution in [2.75, 3.05) is 7.11 Å². The van der Waals surface area contributed by atoms with E-state index in [2.05, 4.69) is 0 Å². The summed E-state index contributed by atoms with van der Waals surface area (Å²) in [6, 6.07) is 7.65. The van der Waals surface area contributed by atoms with Gasteiger partial charge in [-0.1, -0.05) is 18.2 Å². The lowest BCUT2D eigenvalue weighted by atomic mass is 9.92. The van der Waals surface area contributed by atoms with Gasteiger partial charge in [0.1, 0.15) is 5.75 Å². The maximum Gasteiger partial charge on any atom is 0.163 e. The van der Waals surface area contributed by atoms with Crippen molar-refractivity contribution < 1.29 is 9.53 Å². The Morgan fingerprint density at radius 1 is 1.20 bits per heavy atom. The molecule has 0 amide bonds. The standard InChI is InChI=1S/C13H14O2/c1-15-11-8-6-10(7-9-11)12-4-2-3-5-13(12)14/h4,6-9H,2-3,5H2,1H3. The summed E-state index contributed by atoms with van der Waals surface area (Å²) in [5, 5.41) is 0. The topological polar surface area (TPSA) is 26.3 Å². The molecular formula is C13H14O2. The number of ketones is 1. The van der Waals surface area contributed by atoms with Crippen molar-refractivity contribution in [1.82, 2.24) is 0 Å². The number of benzene rings is 1. The summed E-state index contributed by atoms with van der Waals surface area (Å²) in [5.41, 5.74) is 1.87. The molecule has 2 heteroatoms. The second-order valence-electron chi connectivity index (χ2n) is 3.66. The molecule has 0 heterocycles. The Kier molecular flexibility index (Phi) is 2.86. The highest BCUT2D eigenvalue weighted by molar-refractivity contribution is 6.21. The van der Waals surface area contributed by atoms with E-state index in [1.807, 2.05) is 30.3 Å². The highest BCUT2D eigenvalue weighted by Gasteiger charge is 2.14. The Morgan fingerprint density at radius 2 is 1.93 bits per heavy atom. The molecule has 0 bridgehead atoms. The molecule has 1 aliphatic carbocycles. The van der Waals surface area contributed by atoms with Crippen LogP contribution in [0.25, 0.3) is 5.57 Å². The van der Waals surface area contributed by atoms with Crippen LogP contribution in [0.4, 0.5) is 0 Å². The molecule has 2 nitrogen and oxygen atoms in total. The van der Waals surface area contributed by atoms with Crippen LogP contribution in [0.2, 0.25) is 0 Å². The van der Waals surface area contributed by atoms with Crippen LogP contribution in [0.5, 0.6) is 5.75 Å². The van der Waals surface area contributed by atoms with Crippen LogP contribution < -0.4 is 4.74 Å². The van der Waals surface area contributed by atoms with Gasteiger partial charge in [0.25, 0.3) is 0 Å². The Labute approximate surface area is 89.6 Å². The molecule has 1 aromatic carbocycles. The van der Waals surface area contributed by atoms with E-state index < -0.39 is 0 Å². The minimum absolute atomic E-state index is 0.256. The van der Waals surface area contributed by atoms with E-state index in [9.17, 15) is 4.79 Å². The van der Waals surface area contributed by atoms with Crippen molar-refractivity contribution in [2.45, 2.75) is 19.3 Å². The SMILES string of the molecule is COc1ccc(C2=CCCCC2=O)cc1. The Bertz CT molecular complexity index is 388. The lowest BCUT2D eigenvalue weighted by Crippen LogP contribution is -2.05. The molecule has 1 aromatic rings. The summed E-state index contributed by atoms with van der Waals surface area (Å²) in [6.07, 6.45) is 4.71. The lowest BCUT2D eigenvalue weighted by Gasteiger charge is -2.11. The van der Waals surface area contributed by atoms with Crippen molar-refractivity contribution in [3.63, 3.8) is 0 Å². The van der Waals surface area contributed by atoms with Crippen molar-refractivity contribution in [3.05, 3.63) is 35.9 Å². The van der Waals surface area contributed by atoms with Gasteiger partial charge in [-0.15, -0.1) is 0 Å². The fourth-order valence-corrected chi connectivity index (χ4v) is 1.81. The van der Waals surface area contributed by atoms with Crippen LogP contribution in [-0.4, -0.2) is 12.9 Å². The van der Waals surface area contributed by atoms with E-state index in [0.29, 0.717) is 6.42 Å². The van der Waals surface area contributed by atoms with Gasteiger partial charge >= 0.3 is 0 Å². The van der Waals surface area contributed by atoms with Gasteiger partial charge in [-0.25, -0.2) is 0 Å². The quantitative estimate of drug-likeness (QED) is 0.737. The first-order valence-electron chi connectivity index (χ1n) is 5.19. The number of Topliss-reactive ketones (excluding diaryl/α,β-unsaturated/α-hetero) is 1. The molecule has 0 radical (unpaired) electrons. The first-order valence-corrected chi connectivity index (χ1v) is 5.19. The minimum atomic E-state index is 0.256. The number of methoxy groups -OCH3 is 1. The molecule has 0 spiro atoms. The summed E-state index contributed by atoms with van der Waals surface area (Å²) in [5.74, 6) is 1.08. The monoisotopic (exact) mass is 202 g/mol. The minimum Gasteiger partial charge on any atom is -0.497 e. The molecule has 78 valence electrons. The fourth-order valence-electron chi connectivity index (χ4n) is 1.81. The molecule has 0 saturated heterocycles. The summed E-state index contributed by atoms with van der Waals surface area (Å²) < 4.78 is 5.08. The zero-order valence-corrected chi connectivity index (χ0v) is 8.82. The first-order chi connectivity index (χ1) is 7.31. The average Bonchev–Trinajstić information content (AvgIpc) is 2.30. The maximum absolute atomic E-state index is 11.6. The molecule has 0 aliphatic heterocycles.